The second-order valence-corrected chi connectivity index (χ2v) is 10.9. The Morgan fingerprint density at radius 3 is 1.57 bits per heavy atom. The molecule has 0 radical (unpaired) electrons. The molecule has 1 saturated heterocycles. The van der Waals surface area contributed by atoms with Gasteiger partial charge in [-0.3, -0.25) is 0 Å². The van der Waals surface area contributed by atoms with Crippen LogP contribution >= 0.6 is 0 Å². The summed E-state index contributed by atoms with van der Waals surface area (Å²) in [6.45, 7) is 2.02. The lowest BCUT2D eigenvalue weighted by Gasteiger charge is -2.29. The van der Waals surface area contributed by atoms with Crippen molar-refractivity contribution in [3.8, 4) is 0 Å². The summed E-state index contributed by atoms with van der Waals surface area (Å²) in [4.78, 5) is 0.286. The zero-order valence-corrected chi connectivity index (χ0v) is 18.1. The lowest BCUT2D eigenvalue weighted by atomic mass is 10.2. The van der Waals surface area contributed by atoms with Gasteiger partial charge in [0.2, 0.25) is 20.0 Å². The maximum Gasteiger partial charge on any atom is 0.244 e. The summed E-state index contributed by atoms with van der Waals surface area (Å²) in [5.74, 6) is 0. The normalized spacial score (nSPS) is 18.5. The Hall–Kier alpha value is -2.52. The molecule has 0 amide bonds. The molecule has 0 spiro atoms. The van der Waals surface area contributed by atoms with Crippen LogP contribution in [-0.2, 0) is 20.0 Å². The van der Waals surface area contributed by atoms with Gasteiger partial charge < -0.3 is 0 Å². The molecule has 1 heterocycles. The topological polar surface area (TPSA) is 74.8 Å². The molecule has 1 atom stereocenters. The first-order chi connectivity index (χ1) is 14.3. The van der Waals surface area contributed by atoms with E-state index in [2.05, 4.69) is 0 Å². The van der Waals surface area contributed by atoms with Crippen molar-refractivity contribution < 1.29 is 16.8 Å². The summed E-state index contributed by atoms with van der Waals surface area (Å²) >= 11 is 0. The summed E-state index contributed by atoms with van der Waals surface area (Å²) in [6.07, 6.45) is -0.956. The van der Waals surface area contributed by atoms with Crippen molar-refractivity contribution in [3.05, 3.63) is 96.1 Å². The van der Waals surface area contributed by atoms with Crippen molar-refractivity contribution in [2.75, 3.05) is 13.1 Å². The molecule has 0 saturated carbocycles. The molecule has 156 valence electrons. The summed E-state index contributed by atoms with van der Waals surface area (Å²) in [5.41, 5.74) is 1.55. The molecular weight excluding hydrogens is 420 g/mol. The Labute approximate surface area is 177 Å². The molecule has 1 unspecified atom stereocenters. The predicted molar refractivity (Wildman–Crippen MR) is 115 cm³/mol. The van der Waals surface area contributed by atoms with Gasteiger partial charge in [-0.25, -0.2) is 16.8 Å². The smallest absolute Gasteiger partial charge is 0.207 e. The van der Waals surface area contributed by atoms with Crippen molar-refractivity contribution in [2.45, 2.75) is 22.9 Å². The van der Waals surface area contributed by atoms with Crippen LogP contribution in [0.1, 0.15) is 17.3 Å². The summed E-state index contributed by atoms with van der Waals surface area (Å²) in [7, 11) is -7.79. The van der Waals surface area contributed by atoms with Crippen molar-refractivity contribution >= 4 is 20.0 Å². The van der Waals surface area contributed by atoms with E-state index in [0.29, 0.717) is 5.56 Å². The molecule has 0 aromatic heterocycles. The van der Waals surface area contributed by atoms with Crippen molar-refractivity contribution in [3.63, 3.8) is 0 Å². The van der Waals surface area contributed by atoms with Gasteiger partial charge >= 0.3 is 0 Å². The van der Waals surface area contributed by atoms with E-state index in [0.717, 1.165) is 5.56 Å². The van der Waals surface area contributed by atoms with Crippen molar-refractivity contribution in [2.24, 2.45) is 0 Å². The average molecular weight is 443 g/mol. The monoisotopic (exact) mass is 442 g/mol. The quantitative estimate of drug-likeness (QED) is 0.607. The number of hydrogen-bond donors (Lipinski definition) is 0. The van der Waals surface area contributed by atoms with Crippen molar-refractivity contribution in [1.82, 2.24) is 8.61 Å². The molecule has 6 nitrogen and oxygen atoms in total. The van der Waals surface area contributed by atoms with Gasteiger partial charge in [0.25, 0.3) is 0 Å². The van der Waals surface area contributed by atoms with Gasteiger partial charge in [0.15, 0.2) is 0 Å². The van der Waals surface area contributed by atoms with Crippen LogP contribution in [0.5, 0.6) is 0 Å². The van der Waals surface area contributed by atoms with Gasteiger partial charge in [0.1, 0.15) is 6.17 Å². The molecule has 0 bridgehead atoms. The Morgan fingerprint density at radius 2 is 1.07 bits per heavy atom. The highest BCUT2D eigenvalue weighted by Gasteiger charge is 2.46. The number of nitrogens with zero attached hydrogens (tertiary/aromatic N) is 2. The molecule has 0 aliphatic carbocycles. The van der Waals surface area contributed by atoms with Crippen LogP contribution in [0.3, 0.4) is 0 Å². The Balaban J connectivity index is 1.82. The molecule has 1 aliphatic heterocycles. The summed E-state index contributed by atoms with van der Waals surface area (Å²) in [5, 5.41) is 0. The second kappa shape index (κ2) is 7.96. The van der Waals surface area contributed by atoms with Gasteiger partial charge in [0.05, 0.1) is 9.79 Å². The van der Waals surface area contributed by atoms with Crippen LogP contribution in [0.25, 0.3) is 0 Å². The maximum atomic E-state index is 13.4. The van der Waals surface area contributed by atoms with Crippen molar-refractivity contribution in [1.29, 1.82) is 0 Å². The van der Waals surface area contributed by atoms with E-state index in [1.54, 1.807) is 66.7 Å². The molecule has 0 N–H and O–H groups in total. The molecule has 1 fully saturated rings. The van der Waals surface area contributed by atoms with E-state index in [-0.39, 0.29) is 22.9 Å². The fourth-order valence-corrected chi connectivity index (χ4v) is 6.84. The minimum atomic E-state index is -3.90. The van der Waals surface area contributed by atoms with E-state index in [1.165, 1.54) is 20.7 Å². The minimum Gasteiger partial charge on any atom is -0.207 e. The summed E-state index contributed by atoms with van der Waals surface area (Å²) in [6, 6.07) is 23.5. The van der Waals surface area contributed by atoms with E-state index in [1.807, 2.05) is 13.0 Å². The first-order valence-electron chi connectivity index (χ1n) is 9.52. The van der Waals surface area contributed by atoms with Gasteiger partial charge in [-0.05, 0) is 36.8 Å². The first kappa shape index (κ1) is 20.7. The van der Waals surface area contributed by atoms with Crippen LogP contribution in [-0.4, -0.2) is 38.5 Å². The molecule has 4 rings (SSSR count). The molecule has 1 aliphatic rings. The molecule has 8 heteroatoms. The largest absolute Gasteiger partial charge is 0.244 e. The number of rotatable bonds is 5. The molecule has 30 heavy (non-hydrogen) atoms. The lowest BCUT2D eigenvalue weighted by molar-refractivity contribution is 0.292. The molecular formula is C22H22N2O4S2. The highest BCUT2D eigenvalue weighted by Crippen LogP contribution is 2.38. The van der Waals surface area contributed by atoms with Gasteiger partial charge in [-0.1, -0.05) is 66.2 Å². The third-order valence-electron chi connectivity index (χ3n) is 5.16. The number of benzene rings is 3. The van der Waals surface area contributed by atoms with Gasteiger partial charge in [-0.2, -0.15) is 8.61 Å². The van der Waals surface area contributed by atoms with Crippen LogP contribution in [0.4, 0.5) is 0 Å². The zero-order chi connectivity index (χ0) is 21.4. The Morgan fingerprint density at radius 1 is 0.633 bits per heavy atom. The minimum absolute atomic E-state index is 0.0713. The van der Waals surface area contributed by atoms with Gasteiger partial charge in [0, 0.05) is 13.1 Å². The second-order valence-electron chi connectivity index (χ2n) is 7.14. The highest BCUT2D eigenvalue weighted by atomic mass is 32.2. The third-order valence-corrected chi connectivity index (χ3v) is 8.90. The number of aryl methyl sites for hydroxylation is 1. The van der Waals surface area contributed by atoms with Crippen LogP contribution in [0.15, 0.2) is 94.7 Å². The van der Waals surface area contributed by atoms with E-state index < -0.39 is 26.2 Å². The number of hydrogen-bond acceptors (Lipinski definition) is 4. The predicted octanol–water partition coefficient (Wildman–Crippen LogP) is 3.39. The van der Waals surface area contributed by atoms with Crippen LogP contribution in [0, 0.1) is 6.92 Å². The van der Waals surface area contributed by atoms with Crippen LogP contribution < -0.4 is 0 Å². The standard InChI is InChI=1S/C22H22N2O4S2/c1-18-12-14-21(15-13-18)30(27,28)24-17-16-23(22(24)19-8-4-2-5-9-19)29(25,26)20-10-6-3-7-11-20/h2-15,22H,16-17H2,1H3. The van der Waals surface area contributed by atoms with E-state index in [9.17, 15) is 16.8 Å². The Kier molecular flexibility index (Phi) is 5.50. The fourth-order valence-electron chi connectivity index (χ4n) is 3.62. The highest BCUT2D eigenvalue weighted by molar-refractivity contribution is 7.90. The van der Waals surface area contributed by atoms with Crippen LogP contribution in [0.2, 0.25) is 0 Å². The number of sulfonamides is 2. The SMILES string of the molecule is Cc1ccc(S(=O)(=O)N2CCN(S(=O)(=O)c3ccccc3)C2c2ccccc2)cc1. The first-order valence-corrected chi connectivity index (χ1v) is 12.4. The summed E-state index contributed by atoms with van der Waals surface area (Å²) < 4.78 is 56.2. The van der Waals surface area contributed by atoms with E-state index >= 15 is 0 Å². The molecule has 3 aromatic rings. The third kappa shape index (κ3) is 3.67. The van der Waals surface area contributed by atoms with Gasteiger partial charge in [-0.15, -0.1) is 0 Å². The molecule has 3 aromatic carbocycles. The van der Waals surface area contributed by atoms with E-state index in [4.69, 9.17) is 0 Å². The average Bonchev–Trinajstić information content (AvgIpc) is 3.22. The Bertz CT molecular complexity index is 1230. The fraction of sp³-hybridized carbons (Fsp3) is 0.182. The lowest BCUT2D eigenvalue weighted by Crippen LogP contribution is -2.37. The zero-order valence-electron chi connectivity index (χ0n) is 16.4. The maximum absolute atomic E-state index is 13.4.